The Labute approximate surface area is 86.9 Å². The highest BCUT2D eigenvalue weighted by molar-refractivity contribution is 4.13. The van der Waals surface area contributed by atoms with E-state index in [1.54, 1.807) is 0 Å². The van der Waals surface area contributed by atoms with Crippen molar-refractivity contribution in [3.05, 3.63) is 0 Å². The molecular weight excluding hydrogens is 158 g/mol. The van der Waals surface area contributed by atoms with Crippen LogP contribution in [0.5, 0.6) is 0 Å². The van der Waals surface area contributed by atoms with Gasteiger partial charge in [0.05, 0.1) is 0 Å². The highest BCUT2D eigenvalue weighted by Crippen LogP contribution is 1.77. The topological polar surface area (TPSA) is 35.0 Å². The van der Waals surface area contributed by atoms with Crippen molar-refractivity contribution in [3.63, 3.8) is 0 Å². The van der Waals surface area contributed by atoms with E-state index in [2.05, 4.69) is 41.5 Å². The number of unbranched alkanes of at least 4 members (excludes halogenated alkanes) is 3. The third kappa shape index (κ3) is 135. The number of hydrogen-bond donors (Lipinski definition) is 1. The van der Waals surface area contributed by atoms with E-state index in [0.717, 1.165) is 0 Å². The number of rotatable bonds is 3. The molecule has 0 radical (unpaired) electrons. The van der Waals surface area contributed by atoms with Gasteiger partial charge in [0, 0.05) is 0 Å². The van der Waals surface area contributed by atoms with E-state index >= 15 is 0 Å². The Kier molecular flexibility index (Phi) is 71.8. The Balaban J connectivity index is -0.0000000450. The van der Waals surface area contributed by atoms with Crippen molar-refractivity contribution in [2.75, 3.05) is 0 Å². The van der Waals surface area contributed by atoms with Crippen molar-refractivity contribution in [1.82, 2.24) is 6.15 Å². The van der Waals surface area contributed by atoms with Crippen LogP contribution in [0, 0.1) is 0 Å². The van der Waals surface area contributed by atoms with Gasteiger partial charge in [-0.25, -0.2) is 0 Å². The third-order valence-corrected chi connectivity index (χ3v) is 1.50. The van der Waals surface area contributed by atoms with E-state index in [1.165, 1.54) is 38.5 Å². The van der Waals surface area contributed by atoms with E-state index < -0.39 is 0 Å². The highest BCUT2D eigenvalue weighted by Gasteiger charge is 1.57. The van der Waals surface area contributed by atoms with Gasteiger partial charge in [-0.2, -0.15) is 0 Å². The van der Waals surface area contributed by atoms with Gasteiger partial charge in [-0.15, -0.1) is 0 Å². The molecule has 0 spiro atoms. The molecule has 0 aromatic carbocycles. The summed E-state index contributed by atoms with van der Waals surface area (Å²) in [7, 11) is 0. The molecule has 0 bridgehead atoms. The van der Waals surface area contributed by atoms with E-state index in [-0.39, 0.29) is 6.15 Å². The second-order valence-electron chi connectivity index (χ2n) is 3.00. The lowest BCUT2D eigenvalue weighted by molar-refractivity contribution is 0.886. The summed E-state index contributed by atoms with van der Waals surface area (Å²) in [6, 6.07) is 0. The Morgan fingerprint density at radius 1 is 0.385 bits per heavy atom. The fourth-order valence-electron chi connectivity index (χ4n) is 0. The zero-order valence-corrected chi connectivity index (χ0v) is 10.9. The summed E-state index contributed by atoms with van der Waals surface area (Å²) < 4.78 is 0. The lowest BCUT2D eigenvalue weighted by atomic mass is 10.4. The minimum Gasteiger partial charge on any atom is -0.344 e. The normalized spacial score (nSPS) is 6.92. The average molecular weight is 191 g/mol. The lowest BCUT2D eigenvalue weighted by Crippen LogP contribution is -1.47. The molecule has 0 atom stereocenters. The van der Waals surface area contributed by atoms with E-state index in [4.69, 9.17) is 0 Å². The van der Waals surface area contributed by atoms with Gasteiger partial charge >= 0.3 is 0 Å². The standard InChI is InChI=1S/3C4H10.H3N/c3*1-3-4-2;/h3*3-4H2,1-2H3;1H3. The van der Waals surface area contributed by atoms with E-state index in [9.17, 15) is 0 Å². The van der Waals surface area contributed by atoms with Gasteiger partial charge < -0.3 is 6.15 Å². The summed E-state index contributed by atoms with van der Waals surface area (Å²) in [6.07, 6.45) is 7.92. The summed E-state index contributed by atoms with van der Waals surface area (Å²) >= 11 is 0. The molecule has 0 aliphatic rings. The molecular formula is C12H33N. The van der Waals surface area contributed by atoms with Crippen LogP contribution in [0.2, 0.25) is 0 Å². The van der Waals surface area contributed by atoms with Gasteiger partial charge in [-0.3, -0.25) is 0 Å². The Hall–Kier alpha value is -0.0400. The smallest absolute Gasteiger partial charge is 0.0564 e. The van der Waals surface area contributed by atoms with E-state index in [0.29, 0.717) is 0 Å². The molecule has 13 heavy (non-hydrogen) atoms. The maximum absolute atomic E-state index is 2.18. The second-order valence-corrected chi connectivity index (χ2v) is 3.00. The first-order valence-corrected chi connectivity index (χ1v) is 5.74. The van der Waals surface area contributed by atoms with Crippen molar-refractivity contribution >= 4 is 0 Å². The van der Waals surface area contributed by atoms with Gasteiger partial charge in [0.1, 0.15) is 0 Å². The van der Waals surface area contributed by atoms with Crippen LogP contribution in [-0.2, 0) is 0 Å². The Morgan fingerprint density at radius 2 is 0.462 bits per heavy atom. The molecule has 1 heteroatoms. The molecule has 0 rings (SSSR count). The minimum absolute atomic E-state index is 0. The third-order valence-electron chi connectivity index (χ3n) is 1.50. The Morgan fingerprint density at radius 3 is 0.462 bits per heavy atom. The maximum atomic E-state index is 2.18. The van der Waals surface area contributed by atoms with Crippen LogP contribution < -0.4 is 6.15 Å². The summed E-state index contributed by atoms with van der Waals surface area (Å²) in [5, 5.41) is 0. The number of hydrogen-bond acceptors (Lipinski definition) is 1. The van der Waals surface area contributed by atoms with Gasteiger partial charge in [-0.05, 0) is 0 Å². The summed E-state index contributed by atoms with van der Waals surface area (Å²) in [5.41, 5.74) is 0. The van der Waals surface area contributed by atoms with Crippen LogP contribution >= 0.6 is 0 Å². The van der Waals surface area contributed by atoms with Crippen molar-refractivity contribution in [2.24, 2.45) is 0 Å². The zero-order valence-electron chi connectivity index (χ0n) is 10.9. The fourth-order valence-corrected chi connectivity index (χ4v) is 0. The molecule has 0 heterocycles. The molecule has 0 aromatic heterocycles. The van der Waals surface area contributed by atoms with Crippen LogP contribution in [-0.4, -0.2) is 0 Å². The molecule has 0 unspecified atom stereocenters. The quantitative estimate of drug-likeness (QED) is 0.621. The van der Waals surface area contributed by atoms with Crippen LogP contribution in [0.1, 0.15) is 80.1 Å². The molecule has 0 aromatic rings. The van der Waals surface area contributed by atoms with Crippen LogP contribution in [0.15, 0.2) is 0 Å². The largest absolute Gasteiger partial charge is 0.344 e. The first-order valence-electron chi connectivity index (χ1n) is 5.74. The molecule has 0 aliphatic carbocycles. The van der Waals surface area contributed by atoms with Crippen LogP contribution in [0.3, 0.4) is 0 Å². The van der Waals surface area contributed by atoms with Crippen molar-refractivity contribution < 1.29 is 0 Å². The van der Waals surface area contributed by atoms with Crippen molar-refractivity contribution in [2.45, 2.75) is 80.1 Å². The molecule has 3 N–H and O–H groups in total. The zero-order chi connectivity index (χ0) is 10.2. The molecule has 1 nitrogen and oxygen atoms in total. The predicted molar refractivity (Wildman–Crippen MR) is 66.8 cm³/mol. The first kappa shape index (κ1) is 23.1. The summed E-state index contributed by atoms with van der Waals surface area (Å²) in [5.74, 6) is 0. The summed E-state index contributed by atoms with van der Waals surface area (Å²) in [6.45, 7) is 13.1. The Bertz CT molecular complexity index is 20.6. The molecule has 0 saturated heterocycles. The van der Waals surface area contributed by atoms with E-state index in [1.807, 2.05) is 0 Å². The molecule has 0 fully saturated rings. The molecule has 86 valence electrons. The molecule has 0 aliphatic heterocycles. The molecule has 0 saturated carbocycles. The van der Waals surface area contributed by atoms with Crippen LogP contribution in [0.4, 0.5) is 0 Å². The van der Waals surface area contributed by atoms with Crippen molar-refractivity contribution in [3.8, 4) is 0 Å². The van der Waals surface area contributed by atoms with Gasteiger partial charge in [0.15, 0.2) is 0 Å². The summed E-state index contributed by atoms with van der Waals surface area (Å²) in [4.78, 5) is 0. The second kappa shape index (κ2) is 40.4. The SMILES string of the molecule is CCCC.CCCC.CCCC.N. The minimum atomic E-state index is 0. The predicted octanol–water partition coefficient (Wildman–Crippen LogP) is 5.58. The van der Waals surface area contributed by atoms with Crippen LogP contribution in [0.25, 0.3) is 0 Å². The monoisotopic (exact) mass is 191 g/mol. The molecule has 0 amide bonds. The highest BCUT2D eigenvalue weighted by atomic mass is 14.0. The van der Waals surface area contributed by atoms with Gasteiger partial charge in [0.2, 0.25) is 0 Å². The average Bonchev–Trinajstić information content (AvgIpc) is 2.18. The fraction of sp³-hybridized carbons (Fsp3) is 1.00. The van der Waals surface area contributed by atoms with Crippen molar-refractivity contribution in [1.29, 1.82) is 0 Å². The lowest BCUT2D eigenvalue weighted by Gasteiger charge is -1.68. The van der Waals surface area contributed by atoms with Gasteiger partial charge in [0.25, 0.3) is 0 Å². The maximum Gasteiger partial charge on any atom is -0.0564 e. The first-order chi connectivity index (χ1) is 5.74. The van der Waals surface area contributed by atoms with Gasteiger partial charge in [-0.1, -0.05) is 80.1 Å².